The summed E-state index contributed by atoms with van der Waals surface area (Å²) in [5.74, 6) is 0.645. The zero-order chi connectivity index (χ0) is 17.6. The van der Waals surface area contributed by atoms with E-state index in [1.54, 1.807) is 26.3 Å². The Morgan fingerprint density at radius 1 is 1.12 bits per heavy atom. The number of nitriles is 1. The predicted octanol–water partition coefficient (Wildman–Crippen LogP) is 3.57. The van der Waals surface area contributed by atoms with Crippen LogP contribution < -0.4 is 10.3 Å². The molecular weight excluding hydrogens is 314 g/mol. The van der Waals surface area contributed by atoms with Gasteiger partial charge in [0.25, 0.3) is 5.56 Å². The summed E-state index contributed by atoms with van der Waals surface area (Å²) in [5, 5.41) is 12.0. The van der Waals surface area contributed by atoms with Crippen molar-refractivity contribution >= 4 is 21.7 Å². The van der Waals surface area contributed by atoms with Crippen LogP contribution in [0.4, 0.5) is 0 Å². The molecule has 0 bridgehead atoms. The van der Waals surface area contributed by atoms with E-state index in [0.717, 1.165) is 22.0 Å². The van der Waals surface area contributed by atoms with Gasteiger partial charge in [0.05, 0.1) is 7.11 Å². The third-order valence-corrected chi connectivity index (χ3v) is 4.57. The number of aromatic nitrogens is 2. The van der Waals surface area contributed by atoms with E-state index >= 15 is 0 Å². The second-order valence-electron chi connectivity index (χ2n) is 5.86. The summed E-state index contributed by atoms with van der Waals surface area (Å²) in [6.07, 6.45) is 1.87. The second-order valence-corrected chi connectivity index (χ2v) is 5.86. The van der Waals surface area contributed by atoms with E-state index in [1.165, 1.54) is 4.57 Å². The lowest BCUT2D eigenvalue weighted by molar-refractivity contribution is 0.415. The Bertz CT molecular complexity index is 1230. The number of pyridine rings is 1. The van der Waals surface area contributed by atoms with Crippen molar-refractivity contribution < 1.29 is 4.74 Å². The number of fused-ring (bicyclic) bond motifs is 2. The first-order chi connectivity index (χ1) is 12.2. The molecule has 2 heterocycles. The molecule has 122 valence electrons. The van der Waals surface area contributed by atoms with Gasteiger partial charge in [0, 0.05) is 40.5 Å². The molecule has 0 amide bonds. The Morgan fingerprint density at radius 2 is 1.96 bits per heavy atom. The highest BCUT2D eigenvalue weighted by atomic mass is 16.5. The molecule has 0 radical (unpaired) electrons. The smallest absolute Gasteiger partial charge is 0.259 e. The average molecular weight is 329 g/mol. The van der Waals surface area contributed by atoms with Crippen molar-refractivity contribution in [2.24, 2.45) is 7.05 Å². The van der Waals surface area contributed by atoms with Crippen LogP contribution in [0.3, 0.4) is 0 Å². The Kier molecular flexibility index (Phi) is 3.33. The lowest BCUT2D eigenvalue weighted by Crippen LogP contribution is -2.20. The fraction of sp³-hybridized carbons (Fsp3) is 0.100. The van der Waals surface area contributed by atoms with Crippen LogP contribution >= 0.6 is 0 Å². The molecule has 0 unspecified atom stereocenters. The van der Waals surface area contributed by atoms with Crippen molar-refractivity contribution in [2.75, 3.05) is 7.11 Å². The average Bonchev–Trinajstić information content (AvgIpc) is 3.13. The Balaban J connectivity index is 2.26. The largest absolute Gasteiger partial charge is 0.497 e. The quantitative estimate of drug-likeness (QED) is 0.611. The van der Waals surface area contributed by atoms with Crippen LogP contribution in [0.25, 0.3) is 32.8 Å². The second kappa shape index (κ2) is 5.53. The molecule has 0 aliphatic heterocycles. The normalized spacial score (nSPS) is 10.9. The zero-order valence-electron chi connectivity index (χ0n) is 13.8. The maximum atomic E-state index is 12.7. The van der Waals surface area contributed by atoms with E-state index < -0.39 is 0 Å². The minimum atomic E-state index is -0.195. The summed E-state index contributed by atoms with van der Waals surface area (Å²) in [4.78, 5) is 15.9. The highest BCUT2D eigenvalue weighted by Crippen LogP contribution is 2.36. The van der Waals surface area contributed by atoms with Gasteiger partial charge in [0.15, 0.2) is 0 Å². The SMILES string of the molecule is COc1ccc2c(=O)n(C)c(C#N)c(-c3cccc4[nH]ccc34)c2c1. The summed E-state index contributed by atoms with van der Waals surface area (Å²) in [6, 6.07) is 15.4. The van der Waals surface area contributed by atoms with E-state index in [4.69, 9.17) is 4.74 Å². The van der Waals surface area contributed by atoms with Gasteiger partial charge in [-0.25, -0.2) is 0 Å². The van der Waals surface area contributed by atoms with Gasteiger partial charge >= 0.3 is 0 Å². The van der Waals surface area contributed by atoms with Crippen LogP contribution in [-0.2, 0) is 7.05 Å². The van der Waals surface area contributed by atoms with E-state index in [0.29, 0.717) is 22.2 Å². The van der Waals surface area contributed by atoms with Crippen LogP contribution in [0.2, 0.25) is 0 Å². The molecule has 5 heteroatoms. The van der Waals surface area contributed by atoms with Crippen LogP contribution in [-0.4, -0.2) is 16.7 Å². The van der Waals surface area contributed by atoms with Crippen LogP contribution in [0, 0.1) is 11.3 Å². The molecule has 0 aliphatic rings. The van der Waals surface area contributed by atoms with Gasteiger partial charge in [-0.05, 0) is 35.9 Å². The maximum Gasteiger partial charge on any atom is 0.259 e. The fourth-order valence-corrected chi connectivity index (χ4v) is 3.33. The number of ether oxygens (including phenoxy) is 1. The molecule has 1 N–H and O–H groups in total. The lowest BCUT2D eigenvalue weighted by Gasteiger charge is -2.14. The molecule has 0 saturated carbocycles. The summed E-state index contributed by atoms with van der Waals surface area (Å²) >= 11 is 0. The van der Waals surface area contributed by atoms with Gasteiger partial charge in [0.1, 0.15) is 17.5 Å². The number of rotatable bonds is 2. The van der Waals surface area contributed by atoms with Gasteiger partial charge in [-0.1, -0.05) is 12.1 Å². The molecule has 4 aromatic rings. The van der Waals surface area contributed by atoms with E-state index in [-0.39, 0.29) is 5.56 Å². The topological polar surface area (TPSA) is 70.8 Å². The van der Waals surface area contributed by atoms with Crippen LogP contribution in [0.15, 0.2) is 53.5 Å². The molecule has 25 heavy (non-hydrogen) atoms. The number of hydrogen-bond acceptors (Lipinski definition) is 3. The van der Waals surface area contributed by atoms with E-state index in [9.17, 15) is 10.1 Å². The molecule has 0 spiro atoms. The van der Waals surface area contributed by atoms with Crippen molar-refractivity contribution in [2.45, 2.75) is 0 Å². The minimum Gasteiger partial charge on any atom is -0.497 e. The molecule has 0 atom stereocenters. The number of nitrogens with one attached hydrogen (secondary N) is 1. The third-order valence-electron chi connectivity index (χ3n) is 4.57. The molecular formula is C20H15N3O2. The summed E-state index contributed by atoms with van der Waals surface area (Å²) in [6.45, 7) is 0. The standard InChI is InChI=1S/C20H15N3O2/c1-23-18(11-21)19(14-4-3-5-17-13(14)8-9-22-17)16-10-12(25-2)6-7-15(16)20(23)24/h3-10,22H,1-2H3. The number of nitrogens with zero attached hydrogens (tertiary/aromatic N) is 2. The van der Waals surface area contributed by atoms with Crippen molar-refractivity contribution in [3.63, 3.8) is 0 Å². The molecule has 0 saturated heterocycles. The Labute approximate surface area is 143 Å². The molecule has 5 nitrogen and oxygen atoms in total. The van der Waals surface area contributed by atoms with Crippen molar-refractivity contribution in [1.29, 1.82) is 5.26 Å². The van der Waals surface area contributed by atoms with E-state index in [1.807, 2.05) is 36.5 Å². The molecule has 2 aromatic carbocycles. The zero-order valence-corrected chi connectivity index (χ0v) is 13.8. The van der Waals surface area contributed by atoms with Crippen LogP contribution in [0.5, 0.6) is 5.75 Å². The predicted molar refractivity (Wildman–Crippen MR) is 97.7 cm³/mol. The van der Waals surface area contributed by atoms with Gasteiger partial charge in [-0.15, -0.1) is 0 Å². The Morgan fingerprint density at radius 3 is 2.72 bits per heavy atom. The number of aromatic amines is 1. The number of methoxy groups -OCH3 is 1. The van der Waals surface area contributed by atoms with Gasteiger partial charge in [0.2, 0.25) is 0 Å². The first-order valence-electron chi connectivity index (χ1n) is 7.83. The summed E-state index contributed by atoms with van der Waals surface area (Å²) in [5.41, 5.74) is 2.76. The lowest BCUT2D eigenvalue weighted by atomic mass is 9.94. The highest BCUT2D eigenvalue weighted by molar-refractivity contribution is 6.06. The first-order valence-corrected chi connectivity index (χ1v) is 7.83. The van der Waals surface area contributed by atoms with Crippen molar-refractivity contribution in [1.82, 2.24) is 9.55 Å². The molecule has 0 aliphatic carbocycles. The number of H-pyrrole nitrogens is 1. The fourth-order valence-electron chi connectivity index (χ4n) is 3.33. The molecule has 4 rings (SSSR count). The minimum absolute atomic E-state index is 0.195. The van der Waals surface area contributed by atoms with Gasteiger partial charge in [-0.2, -0.15) is 5.26 Å². The number of hydrogen-bond donors (Lipinski definition) is 1. The monoisotopic (exact) mass is 329 g/mol. The maximum absolute atomic E-state index is 12.7. The van der Waals surface area contributed by atoms with Gasteiger partial charge < -0.3 is 14.3 Å². The Hall–Kier alpha value is -3.52. The van der Waals surface area contributed by atoms with E-state index in [2.05, 4.69) is 11.1 Å². The summed E-state index contributed by atoms with van der Waals surface area (Å²) in [7, 11) is 3.21. The molecule has 0 fully saturated rings. The first kappa shape index (κ1) is 15.0. The van der Waals surface area contributed by atoms with Crippen LogP contribution in [0.1, 0.15) is 5.69 Å². The summed E-state index contributed by atoms with van der Waals surface area (Å²) < 4.78 is 6.74. The van der Waals surface area contributed by atoms with Crippen molar-refractivity contribution in [3.8, 4) is 22.9 Å². The van der Waals surface area contributed by atoms with Crippen molar-refractivity contribution in [3.05, 3.63) is 64.7 Å². The highest BCUT2D eigenvalue weighted by Gasteiger charge is 2.18. The van der Waals surface area contributed by atoms with Gasteiger partial charge in [-0.3, -0.25) is 4.79 Å². The number of benzene rings is 2. The third kappa shape index (κ3) is 2.12. The molecule has 2 aromatic heterocycles.